The van der Waals surface area contributed by atoms with Crippen molar-refractivity contribution in [2.24, 2.45) is 0 Å². The Hall–Kier alpha value is -4.00. The Labute approximate surface area is 173 Å². The number of fused-ring (bicyclic) bond motifs is 2. The summed E-state index contributed by atoms with van der Waals surface area (Å²) in [6.45, 7) is 1.94. The summed E-state index contributed by atoms with van der Waals surface area (Å²) in [4.78, 5) is 25.4. The van der Waals surface area contributed by atoms with Crippen LogP contribution in [0.2, 0.25) is 0 Å². The largest absolute Gasteiger partial charge is 0.497 e. The van der Waals surface area contributed by atoms with E-state index in [1.165, 1.54) is 14.2 Å². The van der Waals surface area contributed by atoms with Gasteiger partial charge in [-0.3, -0.25) is 9.59 Å². The fourth-order valence-corrected chi connectivity index (χ4v) is 3.15. The molecule has 0 saturated carbocycles. The van der Waals surface area contributed by atoms with Crippen molar-refractivity contribution in [1.82, 2.24) is 0 Å². The summed E-state index contributed by atoms with van der Waals surface area (Å²) < 4.78 is 16.3. The van der Waals surface area contributed by atoms with E-state index in [0.29, 0.717) is 45.5 Å². The van der Waals surface area contributed by atoms with Gasteiger partial charge in [0.05, 0.1) is 25.5 Å². The van der Waals surface area contributed by atoms with Crippen molar-refractivity contribution in [2.45, 2.75) is 6.92 Å². The molecule has 3 aromatic carbocycles. The maximum Gasteiger partial charge on any atom is 0.259 e. The van der Waals surface area contributed by atoms with Crippen LogP contribution < -0.4 is 24.8 Å². The molecule has 0 spiro atoms. The highest BCUT2D eigenvalue weighted by Gasteiger charge is 2.22. The molecule has 4 rings (SSSR count). The lowest BCUT2D eigenvalue weighted by Crippen LogP contribution is -2.14. The fourth-order valence-electron chi connectivity index (χ4n) is 3.15. The van der Waals surface area contributed by atoms with Gasteiger partial charge in [-0.15, -0.1) is 0 Å². The number of methoxy groups -OCH3 is 2. The summed E-state index contributed by atoms with van der Waals surface area (Å²) in [6.07, 6.45) is 0. The van der Waals surface area contributed by atoms with Crippen LogP contribution >= 0.6 is 0 Å². The zero-order valence-electron chi connectivity index (χ0n) is 16.7. The summed E-state index contributed by atoms with van der Waals surface area (Å²) in [5.41, 5.74) is 2.76. The number of anilines is 2. The second-order valence-corrected chi connectivity index (χ2v) is 6.82. The maximum absolute atomic E-state index is 12.7. The third-order valence-corrected chi connectivity index (χ3v) is 4.70. The number of carbonyl (C=O) groups is 2. The number of aryl methyl sites for hydroxylation is 1. The maximum atomic E-state index is 12.7. The van der Waals surface area contributed by atoms with Crippen molar-refractivity contribution in [3.8, 4) is 23.0 Å². The molecular weight excluding hydrogens is 384 g/mol. The predicted octanol–water partition coefficient (Wildman–Crippen LogP) is 4.62. The fraction of sp³-hybridized carbons (Fsp3) is 0.130. The molecule has 0 radical (unpaired) electrons. The van der Waals surface area contributed by atoms with Gasteiger partial charge in [-0.25, -0.2) is 0 Å². The molecule has 152 valence electrons. The van der Waals surface area contributed by atoms with Gasteiger partial charge in [0.2, 0.25) is 0 Å². The van der Waals surface area contributed by atoms with E-state index in [1.807, 2.05) is 25.1 Å². The number of hydrogen-bond donors (Lipinski definition) is 2. The van der Waals surface area contributed by atoms with Gasteiger partial charge in [0.15, 0.2) is 5.75 Å². The van der Waals surface area contributed by atoms with Gasteiger partial charge >= 0.3 is 0 Å². The summed E-state index contributed by atoms with van der Waals surface area (Å²) >= 11 is 0. The van der Waals surface area contributed by atoms with Crippen molar-refractivity contribution >= 4 is 23.2 Å². The van der Waals surface area contributed by atoms with Gasteiger partial charge in [-0.1, -0.05) is 6.07 Å². The molecule has 0 fully saturated rings. The molecular formula is C23H20N2O5. The van der Waals surface area contributed by atoms with Crippen LogP contribution in [0.25, 0.3) is 0 Å². The minimum Gasteiger partial charge on any atom is -0.497 e. The van der Waals surface area contributed by atoms with Crippen molar-refractivity contribution < 1.29 is 23.8 Å². The normalized spacial score (nSPS) is 11.9. The van der Waals surface area contributed by atoms with E-state index in [4.69, 9.17) is 14.2 Å². The first kappa shape index (κ1) is 19.3. The number of rotatable bonds is 4. The van der Waals surface area contributed by atoms with Crippen LogP contribution in [0.3, 0.4) is 0 Å². The van der Waals surface area contributed by atoms with E-state index >= 15 is 0 Å². The zero-order valence-corrected chi connectivity index (χ0v) is 16.7. The van der Waals surface area contributed by atoms with Crippen molar-refractivity contribution in [3.05, 3.63) is 71.3 Å². The van der Waals surface area contributed by atoms with Crippen LogP contribution in [0, 0.1) is 6.92 Å². The average Bonchev–Trinajstić information content (AvgIpc) is 2.88. The molecule has 30 heavy (non-hydrogen) atoms. The molecule has 2 N–H and O–H groups in total. The lowest BCUT2D eigenvalue weighted by molar-refractivity contribution is 0.101. The van der Waals surface area contributed by atoms with Crippen LogP contribution in [0.1, 0.15) is 26.3 Å². The molecule has 1 heterocycles. The standard InChI is InChI=1S/C23H20N2O5/c1-13-4-6-21-19(8-13)25-23(27)18-11-15(5-7-20(18)30-21)24-22(26)14-9-16(28-2)12-17(10-14)29-3/h4-12H,1-3H3,(H,24,26)(H,25,27). The van der Waals surface area contributed by atoms with Crippen molar-refractivity contribution in [2.75, 3.05) is 24.9 Å². The highest BCUT2D eigenvalue weighted by Crippen LogP contribution is 2.37. The van der Waals surface area contributed by atoms with Crippen LogP contribution in [-0.2, 0) is 0 Å². The van der Waals surface area contributed by atoms with Crippen LogP contribution in [0.15, 0.2) is 54.6 Å². The Morgan fingerprint density at radius 3 is 2.33 bits per heavy atom. The predicted molar refractivity (Wildman–Crippen MR) is 113 cm³/mol. The number of nitrogens with one attached hydrogen (secondary N) is 2. The summed E-state index contributed by atoms with van der Waals surface area (Å²) in [5, 5.41) is 5.65. The van der Waals surface area contributed by atoms with E-state index < -0.39 is 0 Å². The molecule has 0 saturated heterocycles. The van der Waals surface area contributed by atoms with Crippen molar-refractivity contribution in [3.63, 3.8) is 0 Å². The lowest BCUT2D eigenvalue weighted by Gasteiger charge is -2.11. The first-order valence-corrected chi connectivity index (χ1v) is 9.25. The van der Waals surface area contributed by atoms with Gasteiger partial charge in [-0.05, 0) is 55.0 Å². The number of hydrogen-bond acceptors (Lipinski definition) is 5. The molecule has 7 nitrogen and oxygen atoms in total. The topological polar surface area (TPSA) is 85.9 Å². The molecule has 0 unspecified atom stereocenters. The highest BCUT2D eigenvalue weighted by atomic mass is 16.5. The smallest absolute Gasteiger partial charge is 0.259 e. The van der Waals surface area contributed by atoms with Crippen LogP contribution in [-0.4, -0.2) is 26.0 Å². The molecule has 1 aliphatic rings. The molecule has 1 aliphatic heterocycles. The van der Waals surface area contributed by atoms with Crippen LogP contribution in [0.5, 0.6) is 23.0 Å². The van der Waals surface area contributed by atoms with E-state index in [0.717, 1.165) is 5.56 Å². The summed E-state index contributed by atoms with van der Waals surface area (Å²) in [6, 6.07) is 15.4. The van der Waals surface area contributed by atoms with E-state index in [9.17, 15) is 9.59 Å². The monoisotopic (exact) mass is 404 g/mol. The second-order valence-electron chi connectivity index (χ2n) is 6.82. The summed E-state index contributed by atoms with van der Waals surface area (Å²) in [7, 11) is 3.03. The lowest BCUT2D eigenvalue weighted by atomic mass is 10.1. The van der Waals surface area contributed by atoms with E-state index in [1.54, 1.807) is 36.4 Å². The number of carbonyl (C=O) groups excluding carboxylic acids is 2. The third kappa shape index (κ3) is 3.77. The Morgan fingerprint density at radius 1 is 0.933 bits per heavy atom. The molecule has 2 amide bonds. The molecule has 0 aromatic heterocycles. The Kier molecular flexibility index (Phi) is 5.02. The first-order chi connectivity index (χ1) is 14.5. The second kappa shape index (κ2) is 7.79. The van der Waals surface area contributed by atoms with E-state index in [2.05, 4.69) is 10.6 Å². The number of ether oxygens (including phenoxy) is 3. The quantitative estimate of drug-likeness (QED) is 0.663. The number of benzene rings is 3. The molecule has 0 aliphatic carbocycles. The zero-order chi connectivity index (χ0) is 21.3. The van der Waals surface area contributed by atoms with Gasteiger partial charge < -0.3 is 24.8 Å². The van der Waals surface area contributed by atoms with Gasteiger partial charge in [0.1, 0.15) is 17.2 Å². The van der Waals surface area contributed by atoms with Gasteiger partial charge in [0, 0.05) is 17.3 Å². The average molecular weight is 404 g/mol. The van der Waals surface area contributed by atoms with Crippen LogP contribution in [0.4, 0.5) is 11.4 Å². The van der Waals surface area contributed by atoms with Gasteiger partial charge in [0.25, 0.3) is 11.8 Å². The highest BCUT2D eigenvalue weighted by molar-refractivity contribution is 6.10. The Morgan fingerprint density at radius 2 is 1.63 bits per heavy atom. The van der Waals surface area contributed by atoms with Crippen molar-refractivity contribution in [1.29, 1.82) is 0 Å². The first-order valence-electron chi connectivity index (χ1n) is 9.25. The molecule has 0 atom stereocenters. The van der Waals surface area contributed by atoms with Gasteiger partial charge in [-0.2, -0.15) is 0 Å². The SMILES string of the molecule is COc1cc(OC)cc(C(=O)Nc2ccc3c(c2)C(=O)Nc2cc(C)ccc2O3)c1. The molecule has 3 aromatic rings. The number of amides is 2. The molecule has 7 heteroatoms. The minimum absolute atomic E-state index is 0.312. The summed E-state index contributed by atoms with van der Waals surface area (Å²) in [5.74, 6) is 1.31. The molecule has 0 bridgehead atoms. The third-order valence-electron chi connectivity index (χ3n) is 4.70. The minimum atomic E-state index is -0.360. The van der Waals surface area contributed by atoms with E-state index in [-0.39, 0.29) is 11.8 Å². The Balaban J connectivity index is 1.61. The Bertz CT molecular complexity index is 1130.